The van der Waals surface area contributed by atoms with E-state index in [0.29, 0.717) is 41.4 Å². The monoisotopic (exact) mass is 439 g/mol. The Bertz CT molecular complexity index is 1090. The van der Waals surface area contributed by atoms with Crippen molar-refractivity contribution in [1.82, 2.24) is 19.9 Å². The van der Waals surface area contributed by atoms with Crippen LogP contribution in [0.1, 0.15) is 46.6 Å². The molecule has 1 aliphatic rings. The summed E-state index contributed by atoms with van der Waals surface area (Å²) in [6, 6.07) is 7.69. The van der Waals surface area contributed by atoms with E-state index in [1.165, 1.54) is 0 Å². The molecule has 0 radical (unpaired) electrons. The van der Waals surface area contributed by atoms with Crippen LogP contribution in [0, 0.1) is 13.8 Å². The number of carbonyl (C=O) groups is 1. The molecule has 0 aliphatic carbocycles. The zero-order valence-electron chi connectivity index (χ0n) is 18.2. The normalized spacial score (nSPS) is 16.4. The van der Waals surface area contributed by atoms with Crippen LogP contribution in [0.15, 0.2) is 34.9 Å². The lowest BCUT2D eigenvalue weighted by Gasteiger charge is -2.33. The highest BCUT2D eigenvalue weighted by molar-refractivity contribution is 6.30. The van der Waals surface area contributed by atoms with Gasteiger partial charge in [0, 0.05) is 56.8 Å². The second-order valence-corrected chi connectivity index (χ2v) is 8.54. The van der Waals surface area contributed by atoms with Gasteiger partial charge in [-0.05, 0) is 37.5 Å². The van der Waals surface area contributed by atoms with Crippen molar-refractivity contribution >= 4 is 23.5 Å². The van der Waals surface area contributed by atoms with Gasteiger partial charge in [0.1, 0.15) is 0 Å². The van der Waals surface area contributed by atoms with Gasteiger partial charge in [0.05, 0.1) is 11.4 Å². The topological polar surface area (TPSA) is 75.4 Å². The number of anilines is 1. The molecule has 1 atom stereocenters. The summed E-state index contributed by atoms with van der Waals surface area (Å²) >= 11 is 6.08. The second-order valence-electron chi connectivity index (χ2n) is 8.11. The van der Waals surface area contributed by atoms with E-state index in [9.17, 15) is 4.79 Å². The number of oxazole rings is 1. The minimum absolute atomic E-state index is 0.0920. The van der Waals surface area contributed by atoms with Gasteiger partial charge in [0.15, 0.2) is 5.89 Å². The van der Waals surface area contributed by atoms with Crippen molar-refractivity contribution < 1.29 is 9.21 Å². The number of aryl methyl sites for hydroxylation is 2. The average Bonchev–Trinajstić information content (AvgIpc) is 3.11. The van der Waals surface area contributed by atoms with Gasteiger partial charge in [-0.3, -0.25) is 4.79 Å². The Hall–Kier alpha value is -2.93. The van der Waals surface area contributed by atoms with Crippen LogP contribution >= 0.6 is 11.6 Å². The molecule has 4 rings (SSSR count). The third-order valence-electron chi connectivity index (χ3n) is 5.55. The standard InChI is InChI=1S/C23H26ClN5O2/c1-14-21(31-15(2)26-14)22(30)29-11-5-6-17(13-29)20-19(12-25-23(27-20)28(3)4)16-7-9-18(24)10-8-16/h7-10,12,17H,5-6,11,13H2,1-4H3/t17-/m0/s1. The lowest BCUT2D eigenvalue weighted by molar-refractivity contribution is 0.0671. The molecule has 1 saturated heterocycles. The second kappa shape index (κ2) is 8.67. The molecule has 0 spiro atoms. The molecule has 3 heterocycles. The maximum absolute atomic E-state index is 13.1. The fourth-order valence-corrected chi connectivity index (χ4v) is 4.15. The predicted molar refractivity (Wildman–Crippen MR) is 121 cm³/mol. The van der Waals surface area contributed by atoms with E-state index in [1.54, 1.807) is 13.8 Å². The number of amides is 1. The molecule has 2 aromatic heterocycles. The first-order chi connectivity index (χ1) is 14.8. The summed E-state index contributed by atoms with van der Waals surface area (Å²) in [5, 5.41) is 0.684. The summed E-state index contributed by atoms with van der Waals surface area (Å²) in [6.45, 7) is 4.82. The first kappa shape index (κ1) is 21.3. The molecule has 3 aromatic rings. The van der Waals surface area contributed by atoms with Crippen molar-refractivity contribution in [3.63, 3.8) is 0 Å². The molecule has 8 heteroatoms. The van der Waals surface area contributed by atoms with Crippen molar-refractivity contribution in [3.05, 3.63) is 58.5 Å². The summed E-state index contributed by atoms with van der Waals surface area (Å²) in [4.78, 5) is 30.5. The highest BCUT2D eigenvalue weighted by Gasteiger charge is 2.31. The fourth-order valence-electron chi connectivity index (χ4n) is 4.02. The number of nitrogens with zero attached hydrogens (tertiary/aromatic N) is 5. The van der Waals surface area contributed by atoms with E-state index < -0.39 is 0 Å². The zero-order chi connectivity index (χ0) is 22.1. The lowest BCUT2D eigenvalue weighted by Crippen LogP contribution is -2.39. The first-order valence-electron chi connectivity index (χ1n) is 10.4. The van der Waals surface area contributed by atoms with Crippen molar-refractivity contribution in [3.8, 4) is 11.1 Å². The highest BCUT2D eigenvalue weighted by Crippen LogP contribution is 2.35. The molecule has 7 nitrogen and oxygen atoms in total. The Kier molecular flexibility index (Phi) is 5.96. The Labute approximate surface area is 187 Å². The van der Waals surface area contributed by atoms with Crippen molar-refractivity contribution in [2.24, 2.45) is 0 Å². The summed E-state index contributed by atoms with van der Waals surface area (Å²) < 4.78 is 5.58. The van der Waals surface area contributed by atoms with Gasteiger partial charge in [0.25, 0.3) is 5.91 Å². The lowest BCUT2D eigenvalue weighted by atomic mass is 9.89. The number of piperidine rings is 1. The van der Waals surface area contributed by atoms with E-state index in [2.05, 4.69) is 9.97 Å². The van der Waals surface area contributed by atoms with Gasteiger partial charge in [-0.25, -0.2) is 15.0 Å². The summed E-state index contributed by atoms with van der Waals surface area (Å²) in [5.74, 6) is 1.46. The van der Waals surface area contributed by atoms with Crippen molar-refractivity contribution in [1.29, 1.82) is 0 Å². The number of aromatic nitrogens is 3. The molecule has 0 unspecified atom stereocenters. The molecule has 1 fully saturated rings. The van der Waals surface area contributed by atoms with Crippen LogP contribution < -0.4 is 4.90 Å². The van der Waals surface area contributed by atoms with E-state index in [1.807, 2.05) is 54.4 Å². The molecule has 1 aromatic carbocycles. The largest absolute Gasteiger partial charge is 0.436 e. The number of hydrogen-bond donors (Lipinski definition) is 0. The smallest absolute Gasteiger partial charge is 0.291 e. The maximum Gasteiger partial charge on any atom is 0.291 e. The van der Waals surface area contributed by atoms with Crippen LogP contribution in [-0.4, -0.2) is 52.9 Å². The SMILES string of the molecule is Cc1nc(C)c(C(=O)N2CCC[C@H](c3nc(N(C)C)ncc3-c3ccc(Cl)cc3)C2)o1. The molecule has 0 saturated carbocycles. The van der Waals surface area contributed by atoms with Gasteiger partial charge in [0.2, 0.25) is 11.7 Å². The summed E-state index contributed by atoms with van der Waals surface area (Å²) in [6.07, 6.45) is 3.71. The van der Waals surface area contributed by atoms with E-state index >= 15 is 0 Å². The van der Waals surface area contributed by atoms with Gasteiger partial charge in [-0.2, -0.15) is 0 Å². The molecular formula is C23H26ClN5O2. The predicted octanol–water partition coefficient (Wildman–Crippen LogP) is 4.49. The zero-order valence-corrected chi connectivity index (χ0v) is 19.0. The minimum Gasteiger partial charge on any atom is -0.436 e. The number of rotatable bonds is 4. The number of carbonyl (C=O) groups excluding carboxylic acids is 1. The molecule has 31 heavy (non-hydrogen) atoms. The third kappa shape index (κ3) is 4.42. The Morgan fingerprint density at radius 3 is 2.58 bits per heavy atom. The van der Waals surface area contributed by atoms with Gasteiger partial charge < -0.3 is 14.2 Å². The fraction of sp³-hybridized carbons (Fsp3) is 0.391. The maximum atomic E-state index is 13.1. The number of benzene rings is 1. The number of hydrogen-bond acceptors (Lipinski definition) is 6. The molecule has 162 valence electrons. The molecule has 1 amide bonds. The van der Waals surface area contributed by atoms with Crippen LogP contribution in [-0.2, 0) is 0 Å². The third-order valence-corrected chi connectivity index (χ3v) is 5.81. The molecule has 0 N–H and O–H groups in total. The number of likely N-dealkylation sites (tertiary alicyclic amines) is 1. The molecule has 1 aliphatic heterocycles. The van der Waals surface area contributed by atoms with Crippen molar-refractivity contribution in [2.45, 2.75) is 32.6 Å². The Morgan fingerprint density at radius 2 is 1.94 bits per heavy atom. The average molecular weight is 440 g/mol. The van der Waals surface area contributed by atoms with Gasteiger partial charge in [-0.15, -0.1) is 0 Å². The van der Waals surface area contributed by atoms with Crippen LogP contribution in [0.2, 0.25) is 5.02 Å². The highest BCUT2D eigenvalue weighted by atomic mass is 35.5. The van der Waals surface area contributed by atoms with Gasteiger partial charge >= 0.3 is 0 Å². The minimum atomic E-state index is -0.113. The summed E-state index contributed by atoms with van der Waals surface area (Å²) in [7, 11) is 3.85. The van der Waals surface area contributed by atoms with Crippen LogP contribution in [0.5, 0.6) is 0 Å². The van der Waals surface area contributed by atoms with Crippen molar-refractivity contribution in [2.75, 3.05) is 32.1 Å². The first-order valence-corrected chi connectivity index (χ1v) is 10.7. The van der Waals surface area contributed by atoms with Crippen LogP contribution in [0.3, 0.4) is 0 Å². The Morgan fingerprint density at radius 1 is 1.19 bits per heavy atom. The summed E-state index contributed by atoms with van der Waals surface area (Å²) in [5.41, 5.74) is 3.55. The van der Waals surface area contributed by atoms with E-state index in [0.717, 1.165) is 29.7 Å². The Balaban J connectivity index is 1.68. The van der Waals surface area contributed by atoms with E-state index in [4.69, 9.17) is 21.0 Å². The van der Waals surface area contributed by atoms with Gasteiger partial charge in [-0.1, -0.05) is 23.7 Å². The van der Waals surface area contributed by atoms with Crippen LogP contribution in [0.25, 0.3) is 11.1 Å². The number of halogens is 1. The molecular weight excluding hydrogens is 414 g/mol. The van der Waals surface area contributed by atoms with E-state index in [-0.39, 0.29) is 11.8 Å². The van der Waals surface area contributed by atoms with Crippen LogP contribution in [0.4, 0.5) is 5.95 Å². The quantitative estimate of drug-likeness (QED) is 0.596. The molecule has 0 bridgehead atoms.